The van der Waals surface area contributed by atoms with E-state index >= 15 is 0 Å². The van der Waals surface area contributed by atoms with Crippen LogP contribution in [0.15, 0.2) is 218 Å². The van der Waals surface area contributed by atoms with Gasteiger partial charge in [0.2, 0.25) is 5.69 Å². The molecule has 0 N–H and O–H groups in total. The quantitative estimate of drug-likeness (QED) is 0.130. The summed E-state index contributed by atoms with van der Waals surface area (Å²) in [6.45, 7) is 40.8. The predicted octanol–water partition coefficient (Wildman–Crippen LogP) is 20.0. The molecule has 0 aliphatic heterocycles. The molecule has 0 atom stereocenters. The lowest BCUT2D eigenvalue weighted by Gasteiger charge is -2.19. The van der Waals surface area contributed by atoms with E-state index in [1.165, 1.54) is 0 Å². The molecular formula is C78H36N14. The van der Waals surface area contributed by atoms with Crippen LogP contribution in [0.5, 0.6) is 0 Å². The molecule has 0 aliphatic rings. The van der Waals surface area contributed by atoms with Crippen molar-refractivity contribution in [3.8, 4) is 114 Å². The summed E-state index contributed by atoms with van der Waals surface area (Å²) in [5.41, 5.74) is 14.1. The van der Waals surface area contributed by atoms with E-state index in [2.05, 4.69) is 53.1 Å². The average Bonchev–Trinajstić information content (AvgIpc) is 1.57. The van der Waals surface area contributed by atoms with Crippen LogP contribution >= 0.6 is 0 Å². The summed E-state index contributed by atoms with van der Waals surface area (Å²) in [5, 5.41) is 43.4. The van der Waals surface area contributed by atoms with Crippen LogP contribution in [0.25, 0.3) is 158 Å². The molecular weight excluding hydrogens is 1130 g/mol. The van der Waals surface area contributed by atoms with Crippen molar-refractivity contribution in [1.29, 1.82) is 21.0 Å². The van der Waals surface area contributed by atoms with Crippen LogP contribution in [0.3, 0.4) is 0 Å². The van der Waals surface area contributed by atoms with Crippen LogP contribution < -0.4 is 0 Å². The molecule has 11 aromatic carbocycles. The van der Waals surface area contributed by atoms with Gasteiger partial charge in [-0.1, -0.05) is 84.9 Å². The summed E-state index contributed by atoms with van der Waals surface area (Å²) < 4.78 is 4.11. The van der Waals surface area contributed by atoms with Crippen molar-refractivity contribution < 1.29 is 0 Å². The van der Waals surface area contributed by atoms with Gasteiger partial charge in [-0.25, -0.2) is 39.2 Å². The van der Waals surface area contributed by atoms with E-state index in [9.17, 15) is 27.6 Å². The Kier molecular flexibility index (Phi) is 13.6. The SMILES string of the molecule is [C-]#[N+]c1cc(C#N)cc(-c2ccc3c(c2)c2cc(-c4cc(C#N)cc([N+]#[C-])c4)ccc2n3-c2cc(-c3nc(-c4ccccc4)nc(-c4ccccc4)n3)c(-n3c4ccc(-c5cc(C#N)cc([N+]#[C-])c5)cc4c4cc(-c5cc(C#N)cc([N+]#[C-])c5)ccc43)cc2[N+]#[C-])c1. The number of aromatic nitrogens is 5. The molecule has 3 heterocycles. The van der Waals surface area contributed by atoms with Crippen LogP contribution in [0.1, 0.15) is 22.3 Å². The van der Waals surface area contributed by atoms with Gasteiger partial charge in [0.1, 0.15) is 0 Å². The van der Waals surface area contributed by atoms with E-state index in [4.69, 9.17) is 41.2 Å². The minimum atomic E-state index is 0.242. The minimum absolute atomic E-state index is 0.242. The second kappa shape index (κ2) is 22.7. The average molecular weight is 1170 g/mol. The third-order valence-corrected chi connectivity index (χ3v) is 16.2. The van der Waals surface area contributed by atoms with Crippen molar-refractivity contribution in [2.24, 2.45) is 0 Å². The first-order valence-corrected chi connectivity index (χ1v) is 28.4. The number of nitriles is 4. The summed E-state index contributed by atoms with van der Waals surface area (Å²) in [4.78, 5) is 34.9. The Bertz CT molecular complexity index is 5500. The third kappa shape index (κ3) is 9.71. The zero-order chi connectivity index (χ0) is 63.1. The van der Waals surface area contributed by atoms with Gasteiger partial charge < -0.3 is 9.13 Å². The highest BCUT2D eigenvalue weighted by atomic mass is 15.1. The third-order valence-electron chi connectivity index (χ3n) is 16.2. The van der Waals surface area contributed by atoms with E-state index in [1.807, 2.05) is 150 Å². The van der Waals surface area contributed by atoms with Crippen molar-refractivity contribution in [2.45, 2.75) is 0 Å². The van der Waals surface area contributed by atoms with Gasteiger partial charge in [0.15, 0.2) is 40.2 Å². The van der Waals surface area contributed by atoms with Crippen molar-refractivity contribution in [3.05, 3.63) is 298 Å². The lowest BCUT2D eigenvalue weighted by Crippen LogP contribution is -2.05. The Morgan fingerprint density at radius 2 is 0.598 bits per heavy atom. The van der Waals surface area contributed by atoms with Gasteiger partial charge in [-0.05, 0) is 178 Å². The molecule has 0 fully saturated rings. The largest absolute Gasteiger partial charge is 0.319 e. The van der Waals surface area contributed by atoms with Gasteiger partial charge in [-0.2, -0.15) is 21.0 Å². The highest BCUT2D eigenvalue weighted by molar-refractivity contribution is 6.14. The van der Waals surface area contributed by atoms with Gasteiger partial charge in [0.25, 0.3) is 0 Å². The number of benzene rings is 11. The van der Waals surface area contributed by atoms with Gasteiger partial charge in [0.05, 0.1) is 84.9 Å². The van der Waals surface area contributed by atoms with Crippen LogP contribution in [-0.2, 0) is 0 Å². The van der Waals surface area contributed by atoms with Gasteiger partial charge in [0, 0.05) is 66.2 Å². The molecule has 0 spiro atoms. The highest BCUT2D eigenvalue weighted by Gasteiger charge is 2.26. The molecule has 0 amide bonds. The molecule has 418 valence electrons. The Morgan fingerprint density at radius 3 is 0.902 bits per heavy atom. The topological polar surface area (TPSA) is 165 Å². The summed E-state index contributed by atoms with van der Waals surface area (Å²) in [6.07, 6.45) is 0. The number of fused-ring (bicyclic) bond motifs is 6. The zero-order valence-corrected chi connectivity index (χ0v) is 48.0. The monoisotopic (exact) mass is 1170 g/mol. The predicted molar refractivity (Wildman–Crippen MR) is 357 cm³/mol. The second-order valence-electron chi connectivity index (χ2n) is 21.6. The van der Waals surface area contributed by atoms with Crippen molar-refractivity contribution in [1.82, 2.24) is 24.1 Å². The molecule has 14 heteroatoms. The Labute approximate surface area is 526 Å². The molecule has 3 aromatic heterocycles. The van der Waals surface area contributed by atoms with E-state index < -0.39 is 0 Å². The fourth-order valence-corrected chi connectivity index (χ4v) is 12.0. The van der Waals surface area contributed by atoms with Gasteiger partial charge >= 0.3 is 0 Å². The lowest BCUT2D eigenvalue weighted by atomic mass is 9.98. The molecule has 0 unspecified atom stereocenters. The lowest BCUT2D eigenvalue weighted by molar-refractivity contribution is 1.06. The molecule has 0 radical (unpaired) electrons. The Hall–Kier alpha value is -14.6. The Morgan fingerprint density at radius 1 is 0.283 bits per heavy atom. The zero-order valence-electron chi connectivity index (χ0n) is 48.0. The fraction of sp³-hybridized carbons (Fsp3) is 0. The van der Waals surface area contributed by atoms with E-state index in [0.29, 0.717) is 118 Å². The van der Waals surface area contributed by atoms with Crippen molar-refractivity contribution in [2.75, 3.05) is 0 Å². The number of hydrogen-bond donors (Lipinski definition) is 0. The first-order valence-electron chi connectivity index (χ1n) is 28.4. The summed E-state index contributed by atoms with van der Waals surface area (Å²) in [6, 6.07) is 75.7. The maximum absolute atomic E-state index is 10.1. The molecule has 0 aliphatic carbocycles. The van der Waals surface area contributed by atoms with E-state index in [0.717, 1.165) is 54.9 Å². The molecule has 92 heavy (non-hydrogen) atoms. The molecule has 14 nitrogen and oxygen atoms in total. The van der Waals surface area contributed by atoms with Crippen LogP contribution in [-0.4, -0.2) is 24.1 Å². The van der Waals surface area contributed by atoms with E-state index in [1.54, 1.807) is 72.8 Å². The van der Waals surface area contributed by atoms with E-state index in [-0.39, 0.29) is 11.5 Å². The summed E-state index contributed by atoms with van der Waals surface area (Å²) >= 11 is 0. The van der Waals surface area contributed by atoms with Crippen LogP contribution in [0.4, 0.5) is 28.4 Å². The smallest absolute Gasteiger partial charge is 0.212 e. The number of rotatable bonds is 9. The normalized spacial score (nSPS) is 10.7. The van der Waals surface area contributed by atoms with Crippen LogP contribution in [0.2, 0.25) is 0 Å². The standard InChI is InChI=1S/C78H36N14/c1-83-60-28-46(42-79)24-56(32-60)52-16-20-70-64(36-52)65-37-53(57-25-47(43-80)29-61(33-57)84-2)17-21-71(65)91(70)74-41-69(87-5)75(40-68(74)78-89-76(50-12-8-6-9-13-50)88-77(90-78)51-14-10-7-11-15-51)92-72-22-18-54(58-26-48(44-81)30-62(34-58)85-3)38-66(72)67-39-55(19-23-73(67)92)59-27-49(45-82)31-63(35-59)86-4/h6-41H. The van der Waals surface area contributed by atoms with Crippen molar-refractivity contribution in [3.63, 3.8) is 0 Å². The molecule has 0 saturated carbocycles. The number of nitrogens with zero attached hydrogens (tertiary/aromatic N) is 14. The van der Waals surface area contributed by atoms with Gasteiger partial charge in [-0.15, -0.1) is 0 Å². The van der Waals surface area contributed by atoms with Crippen molar-refractivity contribution >= 4 is 72.0 Å². The molecule has 0 bridgehead atoms. The minimum Gasteiger partial charge on any atom is -0.319 e. The van der Waals surface area contributed by atoms with Crippen LogP contribution in [0, 0.1) is 78.2 Å². The maximum Gasteiger partial charge on any atom is 0.212 e. The Balaban J connectivity index is 1.10. The summed E-state index contributed by atoms with van der Waals surface area (Å²) in [7, 11) is 0. The molecule has 14 aromatic rings. The highest BCUT2D eigenvalue weighted by Crippen LogP contribution is 2.46. The molecule has 0 saturated heterocycles. The fourth-order valence-electron chi connectivity index (χ4n) is 12.0. The molecule has 14 rings (SSSR count). The first kappa shape index (κ1) is 55.3. The second-order valence-corrected chi connectivity index (χ2v) is 21.6. The maximum atomic E-state index is 10.1. The number of hydrogen-bond acceptors (Lipinski definition) is 7. The summed E-state index contributed by atoms with van der Waals surface area (Å²) in [5.74, 6) is 1.06. The first-order chi connectivity index (χ1) is 45.1. The van der Waals surface area contributed by atoms with Gasteiger partial charge in [-0.3, -0.25) is 0 Å².